The fraction of sp³-hybridized carbons (Fsp3) is 0.0952. The molecule has 2 aromatic heterocycles. The van der Waals surface area contributed by atoms with Crippen LogP contribution < -0.4 is 16.3 Å². The smallest absolute Gasteiger partial charge is 0.323 e. The zero-order chi connectivity index (χ0) is 20.2. The van der Waals surface area contributed by atoms with E-state index in [9.17, 15) is 14.4 Å². The van der Waals surface area contributed by atoms with Gasteiger partial charge in [-0.2, -0.15) is 0 Å². The molecule has 2 heterocycles. The summed E-state index contributed by atoms with van der Waals surface area (Å²) in [6.07, 6.45) is 1.70. The van der Waals surface area contributed by atoms with Crippen LogP contribution in [0.5, 0.6) is 0 Å². The van der Waals surface area contributed by atoms with Gasteiger partial charge in [0.2, 0.25) is 5.91 Å². The molecule has 8 nitrogen and oxygen atoms in total. The SMILES string of the molecule is O=C(N[C@@H](Cc1ccccc1)C(=O)Nc1ccc2[nH]c(=O)[nH]c2c1)c1ccco1. The van der Waals surface area contributed by atoms with Crippen molar-refractivity contribution in [1.29, 1.82) is 0 Å². The molecule has 0 spiro atoms. The average Bonchev–Trinajstić information content (AvgIpc) is 3.37. The molecule has 1 atom stereocenters. The Kier molecular flexibility index (Phi) is 4.98. The van der Waals surface area contributed by atoms with Crippen molar-refractivity contribution >= 4 is 28.5 Å². The molecule has 4 rings (SSSR count). The molecule has 0 fully saturated rings. The Labute approximate surface area is 164 Å². The van der Waals surface area contributed by atoms with E-state index >= 15 is 0 Å². The number of carbonyl (C=O) groups excluding carboxylic acids is 2. The van der Waals surface area contributed by atoms with E-state index in [-0.39, 0.29) is 17.4 Å². The van der Waals surface area contributed by atoms with Gasteiger partial charge in [-0.25, -0.2) is 4.79 Å². The summed E-state index contributed by atoms with van der Waals surface area (Å²) in [5.74, 6) is -0.732. The number of carbonyl (C=O) groups is 2. The standard InChI is InChI=1S/C21H18N4O4/c26-19(22-14-8-9-15-16(12-14)25-21(28)24-15)17(11-13-5-2-1-3-6-13)23-20(27)18-7-4-10-29-18/h1-10,12,17H,11H2,(H,22,26)(H,23,27)(H2,24,25,28)/t17-/m0/s1. The maximum atomic E-state index is 12.9. The Morgan fingerprint density at radius 3 is 2.52 bits per heavy atom. The van der Waals surface area contributed by atoms with Gasteiger partial charge in [-0.1, -0.05) is 30.3 Å². The van der Waals surface area contributed by atoms with Gasteiger partial charge < -0.3 is 25.0 Å². The van der Waals surface area contributed by atoms with Crippen molar-refractivity contribution < 1.29 is 14.0 Å². The second-order valence-electron chi connectivity index (χ2n) is 6.52. The van der Waals surface area contributed by atoms with Crippen molar-refractivity contribution in [1.82, 2.24) is 15.3 Å². The monoisotopic (exact) mass is 390 g/mol. The molecule has 8 heteroatoms. The quantitative estimate of drug-likeness (QED) is 0.404. The number of rotatable bonds is 6. The Morgan fingerprint density at radius 2 is 1.76 bits per heavy atom. The Bertz CT molecular complexity index is 1190. The number of aromatic amines is 2. The van der Waals surface area contributed by atoms with Crippen LogP contribution in [0.15, 0.2) is 76.1 Å². The van der Waals surface area contributed by atoms with Gasteiger partial charge >= 0.3 is 5.69 Å². The summed E-state index contributed by atoms with van der Waals surface area (Å²) >= 11 is 0. The first-order valence-electron chi connectivity index (χ1n) is 9.00. The van der Waals surface area contributed by atoms with Crippen LogP contribution in [0.2, 0.25) is 0 Å². The summed E-state index contributed by atoms with van der Waals surface area (Å²) in [4.78, 5) is 42.0. The van der Waals surface area contributed by atoms with E-state index in [1.807, 2.05) is 30.3 Å². The van der Waals surface area contributed by atoms with E-state index in [2.05, 4.69) is 20.6 Å². The summed E-state index contributed by atoms with van der Waals surface area (Å²) in [5, 5.41) is 5.51. The van der Waals surface area contributed by atoms with Crippen LogP contribution in [0.3, 0.4) is 0 Å². The largest absolute Gasteiger partial charge is 0.459 e. The Morgan fingerprint density at radius 1 is 0.966 bits per heavy atom. The third-order valence-electron chi connectivity index (χ3n) is 4.43. The second kappa shape index (κ2) is 7.89. The van der Waals surface area contributed by atoms with Crippen LogP contribution in [0, 0.1) is 0 Å². The first-order valence-corrected chi connectivity index (χ1v) is 9.00. The molecule has 4 aromatic rings. The van der Waals surface area contributed by atoms with E-state index in [1.165, 1.54) is 12.3 Å². The molecular weight excluding hydrogens is 372 g/mol. The van der Waals surface area contributed by atoms with Gasteiger partial charge in [-0.3, -0.25) is 9.59 Å². The minimum atomic E-state index is -0.823. The summed E-state index contributed by atoms with van der Waals surface area (Å²) < 4.78 is 5.11. The van der Waals surface area contributed by atoms with Gasteiger partial charge in [-0.15, -0.1) is 0 Å². The number of fused-ring (bicyclic) bond motifs is 1. The fourth-order valence-electron chi connectivity index (χ4n) is 3.04. The molecular formula is C21H18N4O4. The first kappa shape index (κ1) is 18.3. The van der Waals surface area contributed by atoms with Crippen molar-refractivity contribution in [2.24, 2.45) is 0 Å². The molecule has 4 N–H and O–H groups in total. The topological polar surface area (TPSA) is 120 Å². The highest BCUT2D eigenvalue weighted by Crippen LogP contribution is 2.15. The number of furan rings is 1. The van der Waals surface area contributed by atoms with Gasteiger partial charge in [-0.05, 0) is 35.9 Å². The number of hydrogen-bond acceptors (Lipinski definition) is 4. The summed E-state index contributed by atoms with van der Waals surface area (Å²) in [7, 11) is 0. The molecule has 0 aliphatic carbocycles. The van der Waals surface area contributed by atoms with Crippen molar-refractivity contribution in [3.63, 3.8) is 0 Å². The van der Waals surface area contributed by atoms with Gasteiger partial charge in [0.25, 0.3) is 5.91 Å². The zero-order valence-corrected chi connectivity index (χ0v) is 15.3. The third-order valence-corrected chi connectivity index (χ3v) is 4.43. The lowest BCUT2D eigenvalue weighted by molar-refractivity contribution is -0.118. The maximum absolute atomic E-state index is 12.9. The van der Waals surface area contributed by atoms with Crippen LogP contribution in [-0.4, -0.2) is 27.8 Å². The van der Waals surface area contributed by atoms with E-state index in [0.717, 1.165) is 5.56 Å². The predicted molar refractivity (Wildman–Crippen MR) is 108 cm³/mol. The predicted octanol–water partition coefficient (Wildman–Crippen LogP) is 2.43. The average molecular weight is 390 g/mol. The molecule has 0 unspecified atom stereocenters. The van der Waals surface area contributed by atoms with Gasteiger partial charge in [0.15, 0.2) is 5.76 Å². The molecule has 146 valence electrons. The highest BCUT2D eigenvalue weighted by molar-refractivity contribution is 6.01. The Hall–Kier alpha value is -4.07. The van der Waals surface area contributed by atoms with Gasteiger partial charge in [0, 0.05) is 12.1 Å². The lowest BCUT2D eigenvalue weighted by Crippen LogP contribution is -2.45. The second-order valence-corrected chi connectivity index (χ2v) is 6.52. The number of H-pyrrole nitrogens is 2. The number of aromatic nitrogens is 2. The molecule has 0 saturated heterocycles. The van der Waals surface area contributed by atoms with Crippen LogP contribution in [0.4, 0.5) is 5.69 Å². The molecule has 2 amide bonds. The number of imidazole rings is 1. The highest BCUT2D eigenvalue weighted by atomic mass is 16.3. The maximum Gasteiger partial charge on any atom is 0.323 e. The van der Waals surface area contributed by atoms with Gasteiger partial charge in [0.1, 0.15) is 6.04 Å². The summed E-state index contributed by atoms with van der Waals surface area (Å²) in [5.41, 5.74) is 2.30. The normalized spacial score (nSPS) is 11.9. The van der Waals surface area contributed by atoms with Crippen molar-refractivity contribution in [2.45, 2.75) is 12.5 Å². The minimum Gasteiger partial charge on any atom is -0.459 e. The van der Waals surface area contributed by atoms with Crippen LogP contribution in [0.25, 0.3) is 11.0 Å². The minimum absolute atomic E-state index is 0.127. The summed E-state index contributed by atoms with van der Waals surface area (Å²) in [6, 6.07) is 16.7. The molecule has 0 saturated carbocycles. The van der Waals surface area contributed by atoms with Crippen molar-refractivity contribution in [3.8, 4) is 0 Å². The van der Waals surface area contributed by atoms with E-state index in [0.29, 0.717) is 23.1 Å². The molecule has 0 radical (unpaired) electrons. The molecule has 29 heavy (non-hydrogen) atoms. The molecule has 2 aromatic carbocycles. The molecule has 0 bridgehead atoms. The fourth-order valence-corrected chi connectivity index (χ4v) is 3.04. The van der Waals surface area contributed by atoms with Crippen LogP contribution in [-0.2, 0) is 11.2 Å². The van der Waals surface area contributed by atoms with Crippen molar-refractivity contribution in [3.05, 3.63) is 88.7 Å². The summed E-state index contributed by atoms with van der Waals surface area (Å²) in [6.45, 7) is 0. The van der Waals surface area contributed by atoms with E-state index in [1.54, 1.807) is 24.3 Å². The van der Waals surface area contributed by atoms with Crippen LogP contribution in [0.1, 0.15) is 16.1 Å². The van der Waals surface area contributed by atoms with E-state index < -0.39 is 11.9 Å². The number of amides is 2. The van der Waals surface area contributed by atoms with Crippen LogP contribution >= 0.6 is 0 Å². The van der Waals surface area contributed by atoms with Gasteiger partial charge in [0.05, 0.1) is 17.3 Å². The molecule has 0 aliphatic heterocycles. The van der Waals surface area contributed by atoms with E-state index in [4.69, 9.17) is 4.42 Å². The third kappa shape index (κ3) is 4.27. The molecule has 0 aliphatic rings. The highest BCUT2D eigenvalue weighted by Gasteiger charge is 2.23. The lowest BCUT2D eigenvalue weighted by Gasteiger charge is -2.18. The van der Waals surface area contributed by atoms with Crippen molar-refractivity contribution in [2.75, 3.05) is 5.32 Å². The Balaban J connectivity index is 1.55. The zero-order valence-electron chi connectivity index (χ0n) is 15.3. The lowest BCUT2D eigenvalue weighted by atomic mass is 10.0. The number of hydrogen-bond donors (Lipinski definition) is 4. The number of nitrogens with one attached hydrogen (secondary N) is 4. The number of benzene rings is 2. The number of anilines is 1. The first-order chi connectivity index (χ1) is 14.1.